The topological polar surface area (TPSA) is 98.0 Å². The van der Waals surface area contributed by atoms with Crippen molar-refractivity contribution >= 4 is 60.3 Å². The maximum atomic E-state index is 12.2. The normalized spacial score (nSPS) is 10.9. The van der Waals surface area contributed by atoms with Crippen molar-refractivity contribution in [2.75, 3.05) is 5.32 Å². The first-order valence-corrected chi connectivity index (χ1v) is 9.48. The Morgan fingerprint density at radius 2 is 1.96 bits per heavy atom. The molecule has 4 rings (SSSR count). The summed E-state index contributed by atoms with van der Waals surface area (Å²) in [4.78, 5) is 31.5. The Morgan fingerprint density at radius 3 is 2.72 bits per heavy atom. The van der Waals surface area contributed by atoms with E-state index in [2.05, 4.69) is 15.3 Å². The van der Waals surface area contributed by atoms with Gasteiger partial charge in [-0.25, -0.2) is 9.97 Å². The van der Waals surface area contributed by atoms with Crippen molar-refractivity contribution in [2.24, 2.45) is 0 Å². The zero-order chi connectivity index (χ0) is 17.4. The summed E-state index contributed by atoms with van der Waals surface area (Å²) in [6, 6.07) is 10.6. The summed E-state index contributed by atoms with van der Waals surface area (Å²) in [5.41, 5.74) is 1.60. The van der Waals surface area contributed by atoms with Crippen LogP contribution in [0, 0.1) is 10.1 Å². The van der Waals surface area contributed by atoms with Crippen LogP contribution in [0.2, 0.25) is 0 Å². The van der Waals surface area contributed by atoms with E-state index in [0.717, 1.165) is 26.6 Å². The number of anilines is 1. The highest BCUT2D eigenvalue weighted by Crippen LogP contribution is 2.32. The number of hydrogen-bond acceptors (Lipinski definition) is 8. The first-order valence-electron chi connectivity index (χ1n) is 6.97. The first kappa shape index (κ1) is 15.8. The molecule has 10 heteroatoms. The summed E-state index contributed by atoms with van der Waals surface area (Å²) in [6.07, 6.45) is 0. The Bertz CT molecular complexity index is 1070. The van der Waals surface area contributed by atoms with Gasteiger partial charge in [0.15, 0.2) is 5.13 Å². The van der Waals surface area contributed by atoms with Crippen LogP contribution in [-0.4, -0.2) is 20.8 Å². The molecule has 1 N–H and O–H groups in total. The van der Waals surface area contributed by atoms with E-state index in [1.807, 2.05) is 29.6 Å². The molecule has 4 aromatic rings. The van der Waals surface area contributed by atoms with Crippen molar-refractivity contribution in [3.05, 3.63) is 56.8 Å². The minimum atomic E-state index is -0.518. The highest BCUT2D eigenvalue weighted by atomic mass is 32.1. The van der Waals surface area contributed by atoms with Crippen LogP contribution in [0.5, 0.6) is 0 Å². The lowest BCUT2D eigenvalue weighted by atomic mass is 10.3. The fourth-order valence-electron chi connectivity index (χ4n) is 2.12. The third-order valence-electron chi connectivity index (χ3n) is 3.23. The van der Waals surface area contributed by atoms with E-state index in [0.29, 0.717) is 10.8 Å². The van der Waals surface area contributed by atoms with E-state index >= 15 is 0 Å². The standard InChI is InChI=1S/C15H8N4O3S3/c20-13(11-5-6-12(24-11)19(21)22)18-15-17-9(7-23-15)14-16-8-3-1-2-4-10(8)25-14/h1-7H,(H,17,18,20). The maximum absolute atomic E-state index is 12.2. The molecular weight excluding hydrogens is 380 g/mol. The summed E-state index contributed by atoms with van der Waals surface area (Å²) in [7, 11) is 0. The third kappa shape index (κ3) is 3.14. The summed E-state index contributed by atoms with van der Waals surface area (Å²) >= 11 is 3.65. The van der Waals surface area contributed by atoms with Crippen molar-refractivity contribution in [1.82, 2.24) is 9.97 Å². The van der Waals surface area contributed by atoms with Gasteiger partial charge in [0, 0.05) is 11.4 Å². The Labute approximate surface area is 152 Å². The van der Waals surface area contributed by atoms with E-state index < -0.39 is 10.8 Å². The van der Waals surface area contributed by atoms with Gasteiger partial charge >= 0.3 is 5.00 Å². The van der Waals surface area contributed by atoms with Gasteiger partial charge in [0.05, 0.1) is 20.0 Å². The van der Waals surface area contributed by atoms with Crippen LogP contribution in [0.25, 0.3) is 20.9 Å². The number of carbonyl (C=O) groups is 1. The van der Waals surface area contributed by atoms with E-state index in [4.69, 9.17) is 0 Å². The Hall–Kier alpha value is -2.69. The molecule has 1 aromatic carbocycles. The van der Waals surface area contributed by atoms with Crippen LogP contribution < -0.4 is 5.32 Å². The average Bonchev–Trinajstić information content (AvgIpc) is 3.33. The van der Waals surface area contributed by atoms with Gasteiger partial charge in [-0.3, -0.25) is 20.2 Å². The molecule has 3 aromatic heterocycles. The number of rotatable bonds is 4. The maximum Gasteiger partial charge on any atom is 0.324 e. The largest absolute Gasteiger partial charge is 0.324 e. The van der Waals surface area contributed by atoms with Crippen LogP contribution in [0.3, 0.4) is 0 Å². The molecule has 3 heterocycles. The number of benzene rings is 1. The predicted octanol–water partition coefficient (Wildman–Crippen LogP) is 4.64. The Balaban J connectivity index is 1.54. The van der Waals surface area contributed by atoms with Crippen molar-refractivity contribution in [3.8, 4) is 10.7 Å². The quantitative estimate of drug-likeness (QED) is 0.405. The lowest BCUT2D eigenvalue weighted by Crippen LogP contribution is -2.09. The molecule has 0 aliphatic rings. The SMILES string of the molecule is O=C(Nc1nc(-c2nc3ccccc3s2)cs1)c1ccc([N+](=O)[O-])s1. The lowest BCUT2D eigenvalue weighted by Gasteiger charge is -1.97. The molecule has 0 saturated carbocycles. The van der Waals surface area contributed by atoms with E-state index in [9.17, 15) is 14.9 Å². The summed E-state index contributed by atoms with van der Waals surface area (Å²) in [5.74, 6) is -0.414. The minimum Gasteiger partial charge on any atom is -0.297 e. The molecule has 0 atom stereocenters. The van der Waals surface area contributed by atoms with Crippen LogP contribution in [0.1, 0.15) is 9.67 Å². The first-order chi connectivity index (χ1) is 12.1. The number of thiophene rings is 1. The van der Waals surface area contributed by atoms with Gasteiger partial charge in [-0.15, -0.1) is 22.7 Å². The average molecular weight is 388 g/mol. The number of thiazole rings is 2. The minimum absolute atomic E-state index is 0.0700. The molecule has 0 aliphatic heterocycles. The van der Waals surface area contributed by atoms with E-state index in [1.54, 1.807) is 0 Å². The number of carbonyl (C=O) groups excluding carboxylic acids is 1. The number of aromatic nitrogens is 2. The molecule has 0 spiro atoms. The second kappa shape index (κ2) is 6.31. The Kier molecular flexibility index (Phi) is 3.99. The number of hydrogen-bond donors (Lipinski definition) is 1. The molecule has 1 amide bonds. The fourth-order valence-corrected chi connectivity index (χ4v) is 4.52. The van der Waals surface area contributed by atoms with Gasteiger partial charge in [0.1, 0.15) is 10.7 Å². The zero-order valence-corrected chi connectivity index (χ0v) is 14.8. The van der Waals surface area contributed by atoms with Crippen LogP contribution in [-0.2, 0) is 0 Å². The number of nitro groups is 1. The third-order valence-corrected chi connectivity index (χ3v) is 6.09. The van der Waals surface area contributed by atoms with Gasteiger partial charge in [0.25, 0.3) is 5.91 Å². The molecule has 25 heavy (non-hydrogen) atoms. The highest BCUT2D eigenvalue weighted by Gasteiger charge is 2.17. The zero-order valence-electron chi connectivity index (χ0n) is 12.3. The van der Waals surface area contributed by atoms with Gasteiger partial charge in [0.2, 0.25) is 0 Å². The Morgan fingerprint density at radius 1 is 1.12 bits per heavy atom. The van der Waals surface area contributed by atoms with Crippen LogP contribution >= 0.6 is 34.0 Å². The molecule has 0 bridgehead atoms. The fraction of sp³-hybridized carbons (Fsp3) is 0. The molecule has 0 unspecified atom stereocenters. The van der Waals surface area contributed by atoms with Gasteiger partial charge in [-0.05, 0) is 18.2 Å². The van der Waals surface area contributed by atoms with Gasteiger partial charge in [-0.1, -0.05) is 23.5 Å². The van der Waals surface area contributed by atoms with Gasteiger partial charge < -0.3 is 0 Å². The van der Waals surface area contributed by atoms with Crippen molar-refractivity contribution in [3.63, 3.8) is 0 Å². The van der Waals surface area contributed by atoms with Gasteiger partial charge in [-0.2, -0.15) is 0 Å². The molecule has 124 valence electrons. The van der Waals surface area contributed by atoms with Crippen LogP contribution in [0.15, 0.2) is 41.8 Å². The highest BCUT2D eigenvalue weighted by molar-refractivity contribution is 7.22. The van der Waals surface area contributed by atoms with Crippen molar-refractivity contribution in [1.29, 1.82) is 0 Å². The van der Waals surface area contributed by atoms with Crippen LogP contribution in [0.4, 0.5) is 10.1 Å². The number of para-hydroxylation sites is 1. The smallest absolute Gasteiger partial charge is 0.297 e. The number of nitrogens with zero attached hydrogens (tertiary/aromatic N) is 3. The molecule has 0 saturated heterocycles. The molecular formula is C15H8N4O3S3. The van der Waals surface area contributed by atoms with Crippen molar-refractivity contribution in [2.45, 2.75) is 0 Å². The second-order valence-corrected chi connectivity index (χ2v) is 7.82. The summed E-state index contributed by atoms with van der Waals surface area (Å²) in [6.45, 7) is 0. The van der Waals surface area contributed by atoms with E-state index in [-0.39, 0.29) is 9.88 Å². The molecule has 0 fully saturated rings. The van der Waals surface area contributed by atoms with Crippen molar-refractivity contribution < 1.29 is 9.72 Å². The number of amides is 1. The summed E-state index contributed by atoms with van der Waals surface area (Å²) in [5, 5.41) is 16.3. The number of fused-ring (bicyclic) bond motifs is 1. The molecule has 0 radical (unpaired) electrons. The lowest BCUT2D eigenvalue weighted by molar-refractivity contribution is -0.380. The molecule has 7 nitrogen and oxygen atoms in total. The molecule has 0 aliphatic carbocycles. The summed E-state index contributed by atoms with van der Waals surface area (Å²) < 4.78 is 1.07. The number of nitrogens with one attached hydrogen (secondary N) is 1. The second-order valence-electron chi connectivity index (χ2n) is 4.87. The van der Waals surface area contributed by atoms with E-state index in [1.165, 1.54) is 34.8 Å². The monoisotopic (exact) mass is 388 g/mol. The predicted molar refractivity (Wildman–Crippen MR) is 99.7 cm³/mol.